The van der Waals surface area contributed by atoms with E-state index in [9.17, 15) is 58.8 Å². The molecule has 0 aromatic carbocycles. The van der Waals surface area contributed by atoms with E-state index in [0.29, 0.717) is 6.42 Å². The second kappa shape index (κ2) is 28.0. The van der Waals surface area contributed by atoms with Crippen molar-refractivity contribution in [2.24, 2.45) is 0 Å². The van der Waals surface area contributed by atoms with E-state index in [1.807, 2.05) is 0 Å². The lowest BCUT2D eigenvalue weighted by atomic mass is 10.1. The maximum Gasteiger partial charge on any atom is 0.317 e. The Balaban J connectivity index is 2.70. The van der Waals surface area contributed by atoms with Crippen molar-refractivity contribution in [1.82, 2.24) is 35.6 Å². The number of carboxylic acid groups (broad SMARTS) is 5. The van der Waals surface area contributed by atoms with E-state index < -0.39 is 54.1 Å². The smallest absolute Gasteiger partial charge is 0.317 e. The normalized spacial score (nSPS) is 15.9. The van der Waals surface area contributed by atoms with E-state index in [-0.39, 0.29) is 143 Å². The van der Waals surface area contributed by atoms with E-state index in [4.69, 9.17) is 14.6 Å². The van der Waals surface area contributed by atoms with Crippen LogP contribution in [0.2, 0.25) is 0 Å². The molecule has 0 bridgehead atoms. The molecule has 1 rings (SSSR count). The number of amides is 3. The monoisotopic (exact) mass is 777 g/mol. The number of rotatable bonds is 26. The first-order valence-corrected chi connectivity index (χ1v) is 17.6. The van der Waals surface area contributed by atoms with Gasteiger partial charge in [0.25, 0.3) is 0 Å². The van der Waals surface area contributed by atoms with Gasteiger partial charge in [0.1, 0.15) is 6.04 Å². The van der Waals surface area contributed by atoms with Crippen LogP contribution in [0.1, 0.15) is 32.1 Å². The molecule has 1 saturated heterocycles. The van der Waals surface area contributed by atoms with Gasteiger partial charge in [-0.1, -0.05) is 0 Å². The predicted octanol–water partition coefficient (Wildman–Crippen LogP) is -3.67. The third-order valence-corrected chi connectivity index (χ3v) is 7.95. The average molecular weight is 778 g/mol. The van der Waals surface area contributed by atoms with Crippen molar-refractivity contribution in [2.45, 2.75) is 38.1 Å². The highest BCUT2D eigenvalue weighted by molar-refractivity contribution is 5.88. The molecular weight excluding hydrogens is 722 g/mol. The Labute approximate surface area is 312 Å². The van der Waals surface area contributed by atoms with E-state index in [0.717, 1.165) is 0 Å². The summed E-state index contributed by atoms with van der Waals surface area (Å²) < 4.78 is 10.7. The Morgan fingerprint density at radius 1 is 0.481 bits per heavy atom. The van der Waals surface area contributed by atoms with Crippen LogP contribution in [0.15, 0.2) is 0 Å². The van der Waals surface area contributed by atoms with Crippen molar-refractivity contribution in [2.75, 3.05) is 118 Å². The molecule has 1 atom stereocenters. The lowest BCUT2D eigenvalue weighted by molar-refractivity contribution is -0.140. The van der Waals surface area contributed by atoms with Gasteiger partial charge in [0, 0.05) is 84.7 Å². The van der Waals surface area contributed by atoms with Gasteiger partial charge < -0.3 is 51.0 Å². The maximum atomic E-state index is 13.2. The van der Waals surface area contributed by atoms with Crippen LogP contribution in [-0.2, 0) is 47.8 Å². The van der Waals surface area contributed by atoms with E-state index in [2.05, 4.69) is 16.0 Å². The molecule has 0 radical (unpaired) electrons. The van der Waals surface area contributed by atoms with Gasteiger partial charge in [0.05, 0.1) is 52.6 Å². The van der Waals surface area contributed by atoms with Gasteiger partial charge >= 0.3 is 29.8 Å². The lowest BCUT2D eigenvalue weighted by Crippen LogP contribution is -2.52. The zero-order valence-corrected chi connectivity index (χ0v) is 30.4. The van der Waals surface area contributed by atoms with Gasteiger partial charge in [-0.3, -0.25) is 58.0 Å². The molecule has 1 aliphatic rings. The summed E-state index contributed by atoms with van der Waals surface area (Å²) in [6, 6.07) is -1.20. The molecule has 54 heavy (non-hydrogen) atoms. The van der Waals surface area contributed by atoms with Gasteiger partial charge in [-0.25, -0.2) is 0 Å². The Hall–Kier alpha value is -4.48. The van der Waals surface area contributed by atoms with Crippen LogP contribution in [0.25, 0.3) is 0 Å². The van der Waals surface area contributed by atoms with Crippen LogP contribution in [0.3, 0.4) is 0 Å². The zero-order chi connectivity index (χ0) is 40.3. The number of aliphatic carboxylic acids is 5. The summed E-state index contributed by atoms with van der Waals surface area (Å²) in [5, 5.41) is 53.7. The minimum absolute atomic E-state index is 0.0336. The first kappa shape index (κ1) is 47.5. The molecule has 0 aromatic rings. The number of hydrogen-bond donors (Lipinski definition) is 8. The van der Waals surface area contributed by atoms with Crippen molar-refractivity contribution in [1.29, 1.82) is 0 Å². The average Bonchev–Trinajstić information content (AvgIpc) is 3.07. The first-order chi connectivity index (χ1) is 25.6. The molecule has 22 nitrogen and oxygen atoms in total. The quantitative estimate of drug-likeness (QED) is 0.0392. The minimum atomic E-state index is -1.20. The number of nitrogens with one attached hydrogen (secondary N) is 3. The van der Waals surface area contributed by atoms with Crippen molar-refractivity contribution in [3.63, 3.8) is 0 Å². The van der Waals surface area contributed by atoms with Gasteiger partial charge in [0.15, 0.2) is 0 Å². The van der Waals surface area contributed by atoms with Crippen molar-refractivity contribution < 1.29 is 73.4 Å². The fourth-order valence-electron chi connectivity index (χ4n) is 5.18. The van der Waals surface area contributed by atoms with Crippen molar-refractivity contribution in [3.05, 3.63) is 0 Å². The number of hydrogen-bond acceptors (Lipinski definition) is 14. The molecule has 1 fully saturated rings. The largest absolute Gasteiger partial charge is 0.481 e. The molecule has 22 heteroatoms. The Morgan fingerprint density at radius 3 is 1.37 bits per heavy atom. The Kier molecular flexibility index (Phi) is 24.7. The van der Waals surface area contributed by atoms with Crippen LogP contribution in [0.5, 0.6) is 0 Å². The van der Waals surface area contributed by atoms with Crippen LogP contribution in [-0.4, -0.2) is 217 Å². The third-order valence-electron chi connectivity index (χ3n) is 7.95. The molecule has 308 valence electrons. The number of carbonyl (C=O) groups is 8. The van der Waals surface area contributed by atoms with Crippen LogP contribution >= 0.6 is 0 Å². The molecule has 0 aromatic heterocycles. The van der Waals surface area contributed by atoms with E-state index in [1.54, 1.807) is 19.6 Å². The van der Waals surface area contributed by atoms with Gasteiger partial charge in [0.2, 0.25) is 17.7 Å². The molecule has 1 unspecified atom stereocenters. The highest BCUT2D eigenvalue weighted by Crippen LogP contribution is 2.03. The molecule has 1 heterocycles. The lowest BCUT2D eigenvalue weighted by Gasteiger charge is -2.33. The number of ether oxygens (including phenoxy) is 2. The third kappa shape index (κ3) is 25.5. The predicted molar refractivity (Wildman–Crippen MR) is 187 cm³/mol. The van der Waals surface area contributed by atoms with Crippen LogP contribution in [0.4, 0.5) is 0 Å². The molecule has 3 amide bonds. The maximum absolute atomic E-state index is 13.2. The summed E-state index contributed by atoms with van der Waals surface area (Å²) in [5.74, 6) is -6.92. The van der Waals surface area contributed by atoms with Gasteiger partial charge in [-0.15, -0.1) is 0 Å². The Morgan fingerprint density at radius 2 is 0.926 bits per heavy atom. The fraction of sp³-hybridized carbons (Fsp3) is 0.750. The number of carbonyl (C=O) groups excluding carboxylic acids is 3. The second-order valence-corrected chi connectivity index (χ2v) is 12.5. The van der Waals surface area contributed by atoms with Crippen LogP contribution in [0, 0.1) is 0 Å². The molecule has 0 saturated carbocycles. The first-order valence-electron chi connectivity index (χ1n) is 17.6. The second-order valence-electron chi connectivity index (χ2n) is 12.5. The molecule has 1 aliphatic heterocycles. The number of carboxylic acids is 5. The van der Waals surface area contributed by atoms with Gasteiger partial charge in [-0.05, 0) is 12.8 Å². The minimum Gasteiger partial charge on any atom is -0.481 e. The summed E-state index contributed by atoms with van der Waals surface area (Å²) in [6.07, 6.45) is -0.248. The standard InChI is InChI=1S/C32H55N7O15/c40-25(33-6-1-2-27(42)43)5-16-53-18-19-54-17-7-34-32(52)24(3-4-28(44)45)35-26(41)20-36-8-10-37(21-29(46)47)12-14-39(23-31(50)51)15-13-38(11-9-36)22-30(48)49/h24H,1-23H2,(H,33,40)(H,34,52)(H,35,41)(H,42,43)(H,44,45)(H,46,47)(H,48,49)(H,50,51). The van der Waals surface area contributed by atoms with Crippen LogP contribution < -0.4 is 16.0 Å². The van der Waals surface area contributed by atoms with Gasteiger partial charge in [-0.2, -0.15) is 0 Å². The summed E-state index contributed by atoms with van der Waals surface area (Å²) in [7, 11) is 0. The van der Waals surface area contributed by atoms with Crippen molar-refractivity contribution in [3.8, 4) is 0 Å². The molecule has 0 spiro atoms. The highest BCUT2D eigenvalue weighted by Gasteiger charge is 2.25. The fourth-order valence-corrected chi connectivity index (χ4v) is 5.18. The van der Waals surface area contributed by atoms with Crippen molar-refractivity contribution >= 4 is 47.6 Å². The summed E-state index contributed by atoms with van der Waals surface area (Å²) >= 11 is 0. The topological polar surface area (TPSA) is 305 Å². The van der Waals surface area contributed by atoms with E-state index >= 15 is 0 Å². The summed E-state index contributed by atoms with van der Waals surface area (Å²) in [4.78, 5) is 101. The highest BCUT2D eigenvalue weighted by atomic mass is 16.5. The summed E-state index contributed by atoms with van der Waals surface area (Å²) in [6.45, 7) is 1.08. The van der Waals surface area contributed by atoms with E-state index in [1.165, 1.54) is 0 Å². The number of nitrogens with zero attached hydrogens (tertiary/aromatic N) is 4. The molecule has 0 aliphatic carbocycles. The summed E-state index contributed by atoms with van der Waals surface area (Å²) in [5.41, 5.74) is 0. The zero-order valence-electron chi connectivity index (χ0n) is 30.4. The molecule has 8 N–H and O–H groups in total. The SMILES string of the molecule is O=C(O)CCCNC(=O)CCOCCOCCNC(=O)C(CCC(=O)O)NC(=O)CN1CCN(CC(=O)O)CCN(CC(=O)O)CCN(CC(=O)O)CC1. The molecular formula is C32H55N7O15. The Bertz CT molecular complexity index is 1190.